The van der Waals surface area contributed by atoms with Gasteiger partial charge in [-0.15, -0.1) is 0 Å². The van der Waals surface area contributed by atoms with Crippen molar-refractivity contribution in [3.05, 3.63) is 0 Å². The summed E-state index contributed by atoms with van der Waals surface area (Å²) >= 11 is 4.00. The third kappa shape index (κ3) is 11.9. The molecule has 0 aliphatic carbocycles. The van der Waals surface area contributed by atoms with Gasteiger partial charge in [0.15, 0.2) is 5.96 Å². The molecule has 188 valence electrons. The number of aliphatic carboxylic acids is 1. The number of aliphatic hydroxyl groups is 1. The third-order valence-electron chi connectivity index (χ3n) is 4.20. The highest BCUT2D eigenvalue weighted by atomic mass is 32.1. The number of hydrogen-bond donors (Lipinski definition) is 10. The Kier molecular flexibility index (Phi) is 13.5. The standard InChI is InChI=1S/C17H32N8O7S/c1-7(26)12(15(30)23-9(16(31)32)5-11(19)27)25-14(29)10(6-33)24-13(28)8(18)3-2-4-22-17(20)21/h7-10,12,26,33H,2-6,18H2,1H3,(H2,19,27)(H,23,30)(H,24,28)(H,25,29)(H,31,32)(H4,20,21,22). The number of thiol groups is 1. The molecule has 0 rings (SSSR count). The fourth-order valence-corrected chi connectivity index (χ4v) is 2.70. The number of carboxylic acids is 1. The van der Waals surface area contributed by atoms with Gasteiger partial charge in [0.05, 0.1) is 18.6 Å². The molecule has 15 nitrogen and oxygen atoms in total. The summed E-state index contributed by atoms with van der Waals surface area (Å²) < 4.78 is 0. The van der Waals surface area contributed by atoms with Crippen LogP contribution in [0.1, 0.15) is 26.2 Å². The summed E-state index contributed by atoms with van der Waals surface area (Å²) in [4.78, 5) is 63.1. The van der Waals surface area contributed by atoms with Crippen LogP contribution in [0.25, 0.3) is 0 Å². The Bertz CT molecular complexity index is 745. The summed E-state index contributed by atoms with van der Waals surface area (Å²) in [7, 11) is 0. The summed E-state index contributed by atoms with van der Waals surface area (Å²) in [5.74, 6) is -5.41. The number of primary amides is 1. The van der Waals surface area contributed by atoms with Gasteiger partial charge >= 0.3 is 5.97 Å². The Hall–Kier alpha value is -3.11. The van der Waals surface area contributed by atoms with Crippen LogP contribution >= 0.6 is 12.6 Å². The molecule has 0 aromatic heterocycles. The van der Waals surface area contributed by atoms with Crippen molar-refractivity contribution < 1.29 is 34.2 Å². The number of nitrogens with two attached hydrogens (primary N) is 4. The minimum Gasteiger partial charge on any atom is -0.480 e. The summed E-state index contributed by atoms with van der Waals surface area (Å²) in [5, 5.41) is 25.6. The zero-order valence-electron chi connectivity index (χ0n) is 18.1. The number of aliphatic hydroxyl groups excluding tert-OH is 1. The van der Waals surface area contributed by atoms with E-state index in [0.29, 0.717) is 6.42 Å². The highest BCUT2D eigenvalue weighted by Crippen LogP contribution is 2.01. The largest absolute Gasteiger partial charge is 0.480 e. The molecular formula is C17H32N8O7S. The molecule has 0 aromatic carbocycles. The van der Waals surface area contributed by atoms with E-state index in [1.165, 1.54) is 6.92 Å². The first kappa shape index (κ1) is 29.9. The van der Waals surface area contributed by atoms with Crippen LogP contribution in [0.2, 0.25) is 0 Å². The normalized spacial score (nSPS) is 15.2. The number of nitrogens with one attached hydrogen (secondary N) is 3. The van der Waals surface area contributed by atoms with Crippen molar-refractivity contribution in [1.29, 1.82) is 0 Å². The van der Waals surface area contributed by atoms with Gasteiger partial charge in [-0.3, -0.25) is 24.2 Å². The summed E-state index contributed by atoms with van der Waals surface area (Å²) in [6.45, 7) is 1.44. The maximum absolute atomic E-state index is 12.5. The maximum atomic E-state index is 12.5. The van der Waals surface area contributed by atoms with Gasteiger partial charge in [-0.05, 0) is 19.8 Å². The zero-order chi connectivity index (χ0) is 25.7. The van der Waals surface area contributed by atoms with Gasteiger partial charge in [0.25, 0.3) is 0 Å². The SMILES string of the molecule is CC(O)C(NC(=O)C(CS)NC(=O)C(N)CCCN=C(N)N)C(=O)NC(CC(N)=O)C(=O)O. The molecule has 0 aliphatic heterocycles. The Morgan fingerprint density at radius 1 is 0.970 bits per heavy atom. The number of amides is 4. The maximum Gasteiger partial charge on any atom is 0.326 e. The Labute approximate surface area is 195 Å². The van der Waals surface area contributed by atoms with Crippen LogP contribution in [-0.2, 0) is 24.0 Å². The fraction of sp³-hybridized carbons (Fsp3) is 0.647. The Morgan fingerprint density at radius 3 is 2.00 bits per heavy atom. The predicted octanol–water partition coefficient (Wildman–Crippen LogP) is -4.91. The van der Waals surface area contributed by atoms with Gasteiger partial charge in [-0.2, -0.15) is 12.6 Å². The van der Waals surface area contributed by atoms with Crippen LogP contribution in [-0.4, -0.2) is 88.3 Å². The first-order chi connectivity index (χ1) is 15.3. The van der Waals surface area contributed by atoms with E-state index in [4.69, 9.17) is 28.0 Å². The highest BCUT2D eigenvalue weighted by molar-refractivity contribution is 7.80. The molecule has 0 saturated heterocycles. The van der Waals surface area contributed by atoms with E-state index in [-0.39, 0.29) is 24.7 Å². The monoisotopic (exact) mass is 492 g/mol. The van der Waals surface area contributed by atoms with Crippen molar-refractivity contribution in [1.82, 2.24) is 16.0 Å². The first-order valence-electron chi connectivity index (χ1n) is 9.82. The summed E-state index contributed by atoms with van der Waals surface area (Å²) in [6, 6.07) is -5.46. The van der Waals surface area contributed by atoms with E-state index < -0.39 is 66.3 Å². The summed E-state index contributed by atoms with van der Waals surface area (Å²) in [6.07, 6.45) is -1.52. The molecule has 5 unspecified atom stereocenters. The molecule has 0 spiro atoms. The van der Waals surface area contributed by atoms with Crippen molar-refractivity contribution >= 4 is 48.2 Å². The van der Waals surface area contributed by atoms with E-state index in [2.05, 4.69) is 28.3 Å². The van der Waals surface area contributed by atoms with Crippen LogP contribution in [0.5, 0.6) is 0 Å². The number of rotatable bonds is 15. The Balaban J connectivity index is 5.07. The lowest BCUT2D eigenvalue weighted by Crippen LogP contribution is -2.60. The van der Waals surface area contributed by atoms with Gasteiger partial charge < -0.3 is 49.1 Å². The second-order valence-corrected chi connectivity index (χ2v) is 7.46. The van der Waals surface area contributed by atoms with Crippen molar-refractivity contribution in [3.63, 3.8) is 0 Å². The Morgan fingerprint density at radius 2 is 1.55 bits per heavy atom. The van der Waals surface area contributed by atoms with Crippen molar-refractivity contribution in [2.45, 2.75) is 56.5 Å². The number of carboxylic acid groups (broad SMARTS) is 1. The first-order valence-corrected chi connectivity index (χ1v) is 10.5. The van der Waals surface area contributed by atoms with Crippen molar-refractivity contribution in [2.24, 2.45) is 27.9 Å². The van der Waals surface area contributed by atoms with Gasteiger partial charge in [0, 0.05) is 12.3 Å². The number of carbonyl (C=O) groups excluding carboxylic acids is 4. The van der Waals surface area contributed by atoms with E-state index in [0.717, 1.165) is 0 Å². The second-order valence-electron chi connectivity index (χ2n) is 7.10. The molecule has 0 radical (unpaired) electrons. The molecule has 4 amide bonds. The van der Waals surface area contributed by atoms with E-state index in [1.54, 1.807) is 0 Å². The molecule has 13 N–H and O–H groups in total. The van der Waals surface area contributed by atoms with Crippen LogP contribution in [0.4, 0.5) is 0 Å². The van der Waals surface area contributed by atoms with Gasteiger partial charge in [0.1, 0.15) is 18.1 Å². The van der Waals surface area contributed by atoms with Gasteiger partial charge in [-0.25, -0.2) is 4.79 Å². The quantitative estimate of drug-likeness (QED) is 0.0450. The van der Waals surface area contributed by atoms with Crippen LogP contribution in [0.3, 0.4) is 0 Å². The van der Waals surface area contributed by atoms with Crippen LogP contribution < -0.4 is 38.9 Å². The smallest absolute Gasteiger partial charge is 0.326 e. The van der Waals surface area contributed by atoms with E-state index in [9.17, 15) is 29.1 Å². The van der Waals surface area contributed by atoms with Gasteiger partial charge in [0.2, 0.25) is 23.6 Å². The van der Waals surface area contributed by atoms with Gasteiger partial charge in [-0.1, -0.05) is 0 Å². The molecule has 0 saturated carbocycles. The van der Waals surface area contributed by atoms with Crippen LogP contribution in [0, 0.1) is 0 Å². The van der Waals surface area contributed by atoms with E-state index in [1.807, 2.05) is 5.32 Å². The molecule has 0 bridgehead atoms. The number of aliphatic imine (C=N–C) groups is 1. The molecule has 16 heteroatoms. The second kappa shape index (κ2) is 14.9. The predicted molar refractivity (Wildman–Crippen MR) is 121 cm³/mol. The topological polar surface area (TPSA) is 278 Å². The van der Waals surface area contributed by atoms with Crippen molar-refractivity contribution in [3.8, 4) is 0 Å². The molecule has 33 heavy (non-hydrogen) atoms. The van der Waals surface area contributed by atoms with E-state index >= 15 is 0 Å². The molecule has 0 aromatic rings. The third-order valence-corrected chi connectivity index (χ3v) is 4.57. The highest BCUT2D eigenvalue weighted by Gasteiger charge is 2.32. The lowest BCUT2D eigenvalue weighted by atomic mass is 10.1. The average molecular weight is 493 g/mol. The molecular weight excluding hydrogens is 460 g/mol. The number of hydrogen-bond acceptors (Lipinski definition) is 9. The molecule has 5 atom stereocenters. The zero-order valence-corrected chi connectivity index (χ0v) is 19.0. The number of nitrogens with zero attached hydrogens (tertiary/aromatic N) is 1. The minimum absolute atomic E-state index is 0.0964. The molecule has 0 heterocycles. The number of guanidine groups is 1. The van der Waals surface area contributed by atoms with Crippen LogP contribution in [0.15, 0.2) is 4.99 Å². The lowest BCUT2D eigenvalue weighted by molar-refractivity contribution is -0.144. The lowest BCUT2D eigenvalue weighted by Gasteiger charge is -2.25. The van der Waals surface area contributed by atoms with Crippen molar-refractivity contribution in [2.75, 3.05) is 12.3 Å². The molecule has 0 aliphatic rings. The molecule has 0 fully saturated rings. The number of carbonyl (C=O) groups is 5. The minimum atomic E-state index is -1.66. The fourth-order valence-electron chi connectivity index (χ4n) is 2.45. The average Bonchev–Trinajstić information content (AvgIpc) is 2.71. The summed E-state index contributed by atoms with van der Waals surface area (Å²) in [5.41, 5.74) is 21.1.